The molecule has 4 aromatic rings. The van der Waals surface area contributed by atoms with E-state index in [1.165, 1.54) is 29.4 Å². The van der Waals surface area contributed by atoms with E-state index in [1.54, 1.807) is 25.3 Å². The highest BCUT2D eigenvalue weighted by Gasteiger charge is 2.11. The van der Waals surface area contributed by atoms with Crippen LogP contribution in [0, 0.1) is 0 Å². The van der Waals surface area contributed by atoms with Crippen LogP contribution in [0.5, 0.6) is 5.75 Å². The maximum absolute atomic E-state index is 12.4. The van der Waals surface area contributed by atoms with E-state index < -0.39 is 0 Å². The predicted molar refractivity (Wildman–Crippen MR) is 127 cm³/mol. The topological polar surface area (TPSA) is 93.5 Å². The number of carbonyl (C=O) groups excluding carboxylic acids is 2. The molecule has 2 amide bonds. The minimum Gasteiger partial charge on any atom is -0.497 e. The molecule has 2 N–H and O–H groups in total. The molecule has 0 spiro atoms. The van der Waals surface area contributed by atoms with Crippen molar-refractivity contribution in [2.24, 2.45) is 0 Å². The van der Waals surface area contributed by atoms with Gasteiger partial charge in [-0.25, -0.2) is 4.98 Å². The van der Waals surface area contributed by atoms with Gasteiger partial charge in [0.15, 0.2) is 10.9 Å². The van der Waals surface area contributed by atoms with Crippen LogP contribution in [0.4, 0.5) is 10.8 Å². The lowest BCUT2D eigenvalue weighted by Gasteiger charge is -2.06. The predicted octanol–water partition coefficient (Wildman–Crippen LogP) is 5.39. The van der Waals surface area contributed by atoms with E-state index in [2.05, 4.69) is 15.6 Å². The minimum absolute atomic E-state index is 0.161. The van der Waals surface area contributed by atoms with Crippen molar-refractivity contribution < 1.29 is 18.7 Å². The number of benzene rings is 2. The van der Waals surface area contributed by atoms with Crippen molar-refractivity contribution >= 4 is 45.7 Å². The number of aromatic nitrogens is 1. The Balaban J connectivity index is 1.31. The van der Waals surface area contributed by atoms with Gasteiger partial charge in [-0.2, -0.15) is 0 Å². The molecule has 7 nitrogen and oxygen atoms in total. The molecule has 0 saturated carbocycles. The van der Waals surface area contributed by atoms with E-state index >= 15 is 0 Å². The Kier molecular flexibility index (Phi) is 6.88. The van der Waals surface area contributed by atoms with Crippen molar-refractivity contribution in [3.05, 3.63) is 78.1 Å². The summed E-state index contributed by atoms with van der Waals surface area (Å²) >= 11 is 2.73. The number of furan rings is 1. The van der Waals surface area contributed by atoms with Crippen LogP contribution in [0.3, 0.4) is 0 Å². The van der Waals surface area contributed by atoms with Crippen LogP contribution in [0.2, 0.25) is 0 Å². The zero-order chi connectivity index (χ0) is 22.3. The Labute approximate surface area is 192 Å². The average Bonchev–Trinajstić information content (AvgIpc) is 3.51. The molecule has 0 aliphatic carbocycles. The van der Waals surface area contributed by atoms with Gasteiger partial charge >= 0.3 is 0 Å². The maximum atomic E-state index is 12.4. The fourth-order valence-corrected chi connectivity index (χ4v) is 4.31. The number of thiazole rings is 1. The van der Waals surface area contributed by atoms with Crippen molar-refractivity contribution in [1.82, 2.24) is 4.98 Å². The zero-order valence-corrected chi connectivity index (χ0v) is 18.7. The number of hydrogen-bond acceptors (Lipinski definition) is 7. The Hall–Kier alpha value is -3.56. The molecule has 0 bridgehead atoms. The summed E-state index contributed by atoms with van der Waals surface area (Å²) in [5.74, 6) is 0.709. The SMILES string of the molecule is COc1cccc(-c2csc(NC(=O)CSc3cccc(NC(=O)c4ccco4)c3)n2)c1. The molecule has 0 unspecified atom stereocenters. The highest BCUT2D eigenvalue weighted by Crippen LogP contribution is 2.28. The molecule has 2 heterocycles. The molecular weight excluding hydrogens is 446 g/mol. The number of nitrogens with zero attached hydrogens (tertiary/aromatic N) is 1. The summed E-state index contributed by atoms with van der Waals surface area (Å²) in [5, 5.41) is 8.03. The number of ether oxygens (including phenoxy) is 1. The fourth-order valence-electron chi connectivity index (χ4n) is 2.81. The number of amides is 2. The largest absolute Gasteiger partial charge is 0.497 e. The van der Waals surface area contributed by atoms with Crippen LogP contribution in [-0.4, -0.2) is 29.7 Å². The lowest BCUT2D eigenvalue weighted by molar-refractivity contribution is -0.113. The van der Waals surface area contributed by atoms with Crippen molar-refractivity contribution in [3.8, 4) is 17.0 Å². The lowest BCUT2D eigenvalue weighted by atomic mass is 10.2. The molecular formula is C23H19N3O4S2. The average molecular weight is 466 g/mol. The molecule has 0 radical (unpaired) electrons. The highest BCUT2D eigenvalue weighted by atomic mass is 32.2. The van der Waals surface area contributed by atoms with Crippen LogP contribution < -0.4 is 15.4 Å². The minimum atomic E-state index is -0.328. The summed E-state index contributed by atoms with van der Waals surface area (Å²) < 4.78 is 10.3. The number of hydrogen-bond donors (Lipinski definition) is 2. The first kappa shape index (κ1) is 21.7. The third kappa shape index (κ3) is 5.57. The smallest absolute Gasteiger partial charge is 0.291 e. The number of thioether (sulfide) groups is 1. The van der Waals surface area contributed by atoms with Gasteiger partial charge in [0.1, 0.15) is 5.75 Å². The monoisotopic (exact) mass is 465 g/mol. The number of rotatable bonds is 8. The maximum Gasteiger partial charge on any atom is 0.291 e. The van der Waals surface area contributed by atoms with Gasteiger partial charge in [0.05, 0.1) is 24.8 Å². The van der Waals surface area contributed by atoms with Gasteiger partial charge in [0.25, 0.3) is 5.91 Å². The van der Waals surface area contributed by atoms with E-state index in [4.69, 9.17) is 9.15 Å². The molecule has 0 aliphatic heterocycles. The second-order valence-corrected chi connectivity index (χ2v) is 8.47. The van der Waals surface area contributed by atoms with Crippen molar-refractivity contribution in [2.45, 2.75) is 4.90 Å². The van der Waals surface area contributed by atoms with E-state index in [0.717, 1.165) is 21.9 Å². The van der Waals surface area contributed by atoms with Gasteiger partial charge in [-0.15, -0.1) is 23.1 Å². The lowest BCUT2D eigenvalue weighted by Crippen LogP contribution is -2.14. The molecule has 2 aromatic carbocycles. The van der Waals surface area contributed by atoms with Gasteiger partial charge in [0.2, 0.25) is 5.91 Å². The Morgan fingerprint density at radius 3 is 2.78 bits per heavy atom. The Morgan fingerprint density at radius 2 is 1.97 bits per heavy atom. The summed E-state index contributed by atoms with van der Waals surface area (Å²) in [6, 6.07) is 18.1. The standard InChI is InChI=1S/C23H19N3O4S2/c1-29-17-7-2-5-15(11-17)19-13-32-23(25-19)26-21(27)14-31-18-8-3-6-16(12-18)24-22(28)20-9-4-10-30-20/h2-13H,14H2,1H3,(H,24,28)(H,25,26,27). The zero-order valence-electron chi connectivity index (χ0n) is 17.0. The van der Waals surface area contributed by atoms with Gasteiger partial charge in [-0.05, 0) is 42.5 Å². The Bertz CT molecular complexity index is 1220. The van der Waals surface area contributed by atoms with Crippen molar-refractivity contribution in [1.29, 1.82) is 0 Å². The van der Waals surface area contributed by atoms with Crippen molar-refractivity contribution in [3.63, 3.8) is 0 Å². The molecule has 162 valence electrons. The molecule has 9 heteroatoms. The molecule has 0 saturated heterocycles. The van der Waals surface area contributed by atoms with E-state index in [0.29, 0.717) is 10.8 Å². The third-order valence-electron chi connectivity index (χ3n) is 4.32. The van der Waals surface area contributed by atoms with Gasteiger partial charge < -0.3 is 19.8 Å². The van der Waals surface area contributed by atoms with Crippen LogP contribution in [-0.2, 0) is 4.79 Å². The molecule has 0 fully saturated rings. The fraction of sp³-hybridized carbons (Fsp3) is 0.0870. The first-order chi connectivity index (χ1) is 15.6. The first-order valence-corrected chi connectivity index (χ1v) is 11.4. The second-order valence-electron chi connectivity index (χ2n) is 6.57. The van der Waals surface area contributed by atoms with Crippen LogP contribution in [0.15, 0.2) is 81.6 Å². The van der Waals surface area contributed by atoms with Crippen molar-refractivity contribution in [2.75, 3.05) is 23.5 Å². The normalized spacial score (nSPS) is 10.5. The van der Waals surface area contributed by atoms with E-state index in [-0.39, 0.29) is 23.3 Å². The molecule has 2 aromatic heterocycles. The van der Waals surface area contributed by atoms with Gasteiger partial charge in [-0.1, -0.05) is 18.2 Å². The summed E-state index contributed by atoms with van der Waals surface area (Å²) in [5.41, 5.74) is 2.32. The van der Waals surface area contributed by atoms with E-state index in [9.17, 15) is 9.59 Å². The molecule has 4 rings (SSSR count). The molecule has 32 heavy (non-hydrogen) atoms. The van der Waals surface area contributed by atoms with Crippen LogP contribution >= 0.6 is 23.1 Å². The number of anilines is 2. The molecule has 0 aliphatic rings. The quantitative estimate of drug-likeness (QED) is 0.339. The second kappa shape index (κ2) is 10.2. The first-order valence-electron chi connectivity index (χ1n) is 9.58. The van der Waals surface area contributed by atoms with Crippen LogP contribution in [0.25, 0.3) is 11.3 Å². The number of methoxy groups -OCH3 is 1. The number of carbonyl (C=O) groups is 2. The van der Waals surface area contributed by atoms with E-state index in [1.807, 2.05) is 47.8 Å². The molecule has 0 atom stereocenters. The van der Waals surface area contributed by atoms with Gasteiger partial charge in [-0.3, -0.25) is 9.59 Å². The summed E-state index contributed by atoms with van der Waals surface area (Å²) in [4.78, 5) is 29.8. The highest BCUT2D eigenvalue weighted by molar-refractivity contribution is 8.00. The number of nitrogens with one attached hydrogen (secondary N) is 2. The Morgan fingerprint density at radius 1 is 1.09 bits per heavy atom. The third-order valence-corrected chi connectivity index (χ3v) is 6.07. The summed E-state index contributed by atoms with van der Waals surface area (Å²) in [6.07, 6.45) is 1.45. The summed E-state index contributed by atoms with van der Waals surface area (Å²) in [7, 11) is 1.62. The van der Waals surface area contributed by atoms with Gasteiger partial charge in [0, 0.05) is 21.5 Å². The van der Waals surface area contributed by atoms with Crippen LogP contribution in [0.1, 0.15) is 10.6 Å². The summed E-state index contributed by atoms with van der Waals surface area (Å²) in [6.45, 7) is 0.